The van der Waals surface area contributed by atoms with Gasteiger partial charge in [-0.2, -0.15) is 5.26 Å². The number of hydrogen-bond donors (Lipinski definition) is 0. The van der Waals surface area contributed by atoms with Gasteiger partial charge in [0, 0.05) is 15.1 Å². The Morgan fingerprint density at radius 1 is 1.09 bits per heavy atom. The van der Waals surface area contributed by atoms with Crippen LogP contribution in [0.25, 0.3) is 23.0 Å². The molecule has 1 aromatic heterocycles. The van der Waals surface area contributed by atoms with Crippen LogP contribution in [0.15, 0.2) is 69.6 Å². The van der Waals surface area contributed by atoms with Crippen molar-refractivity contribution in [2.24, 2.45) is 0 Å². The minimum Gasteiger partial charge on any atom is -0.457 e. The highest BCUT2D eigenvalue weighted by atomic mass is 79.9. The van der Waals surface area contributed by atoms with Gasteiger partial charge in [-0.15, -0.1) is 0 Å². The maximum Gasteiger partial charge on any atom is 0.134 e. The van der Waals surface area contributed by atoms with Crippen molar-refractivity contribution in [3.63, 3.8) is 0 Å². The van der Waals surface area contributed by atoms with E-state index in [0.717, 1.165) is 21.4 Å². The highest BCUT2D eigenvalue weighted by molar-refractivity contribution is 9.10. The van der Waals surface area contributed by atoms with Gasteiger partial charge >= 0.3 is 0 Å². The lowest BCUT2D eigenvalue weighted by molar-refractivity contribution is 0.572. The second-order valence-electron chi connectivity index (χ2n) is 4.89. The number of furan rings is 1. The Kier molecular flexibility index (Phi) is 4.66. The molecule has 0 saturated carbocycles. The van der Waals surface area contributed by atoms with E-state index in [0.29, 0.717) is 16.4 Å². The molecule has 4 heteroatoms. The molecule has 0 aliphatic carbocycles. The summed E-state index contributed by atoms with van der Waals surface area (Å²) >= 11 is 9.39. The molecular formula is C19H11BrClNO. The molecule has 0 radical (unpaired) electrons. The predicted molar refractivity (Wildman–Crippen MR) is 96.8 cm³/mol. The van der Waals surface area contributed by atoms with Gasteiger partial charge in [-0.3, -0.25) is 0 Å². The van der Waals surface area contributed by atoms with Crippen LogP contribution in [0, 0.1) is 11.3 Å². The molecule has 0 aliphatic heterocycles. The van der Waals surface area contributed by atoms with E-state index in [1.807, 2.05) is 48.5 Å². The van der Waals surface area contributed by atoms with Gasteiger partial charge in [0.15, 0.2) is 0 Å². The number of hydrogen-bond acceptors (Lipinski definition) is 2. The van der Waals surface area contributed by atoms with Gasteiger partial charge in [0.25, 0.3) is 0 Å². The van der Waals surface area contributed by atoms with E-state index in [9.17, 15) is 5.26 Å². The first-order chi connectivity index (χ1) is 11.2. The molecule has 0 unspecified atom stereocenters. The molecule has 0 N–H and O–H groups in total. The third kappa shape index (κ3) is 3.73. The van der Waals surface area contributed by atoms with Crippen molar-refractivity contribution in [1.29, 1.82) is 5.26 Å². The lowest BCUT2D eigenvalue weighted by atomic mass is 10.1. The Hall–Kier alpha value is -2.28. The van der Waals surface area contributed by atoms with Gasteiger partial charge in [0.05, 0.1) is 11.6 Å². The molecule has 0 amide bonds. The monoisotopic (exact) mass is 383 g/mol. The topological polar surface area (TPSA) is 36.9 Å². The molecule has 0 aliphatic rings. The fourth-order valence-electron chi connectivity index (χ4n) is 2.18. The zero-order chi connectivity index (χ0) is 16.2. The van der Waals surface area contributed by atoms with Crippen LogP contribution in [0.1, 0.15) is 11.3 Å². The summed E-state index contributed by atoms with van der Waals surface area (Å²) in [5.74, 6) is 1.38. The van der Waals surface area contributed by atoms with Crippen molar-refractivity contribution in [2.75, 3.05) is 0 Å². The van der Waals surface area contributed by atoms with E-state index < -0.39 is 0 Å². The summed E-state index contributed by atoms with van der Waals surface area (Å²) in [5, 5.41) is 9.97. The first-order valence-corrected chi connectivity index (χ1v) is 8.06. The van der Waals surface area contributed by atoms with Crippen molar-refractivity contribution < 1.29 is 4.42 Å². The van der Waals surface area contributed by atoms with Crippen LogP contribution in [0.3, 0.4) is 0 Å². The smallest absolute Gasteiger partial charge is 0.134 e. The van der Waals surface area contributed by atoms with Crippen LogP contribution < -0.4 is 0 Å². The first kappa shape index (κ1) is 15.6. The van der Waals surface area contributed by atoms with Crippen molar-refractivity contribution in [2.45, 2.75) is 0 Å². The number of benzene rings is 2. The summed E-state index contributed by atoms with van der Waals surface area (Å²) < 4.78 is 6.83. The molecule has 0 atom stereocenters. The molecule has 1 heterocycles. The largest absolute Gasteiger partial charge is 0.457 e. The Morgan fingerprint density at radius 2 is 1.87 bits per heavy atom. The van der Waals surface area contributed by atoms with Crippen molar-refractivity contribution >= 4 is 39.2 Å². The van der Waals surface area contributed by atoms with E-state index in [1.165, 1.54) is 0 Å². The molecule has 112 valence electrons. The minimum absolute atomic E-state index is 0.504. The number of halogens is 2. The van der Waals surface area contributed by atoms with Crippen LogP contribution in [-0.4, -0.2) is 0 Å². The van der Waals surface area contributed by atoms with Gasteiger partial charge in [0.1, 0.15) is 11.5 Å². The molecule has 0 fully saturated rings. The average Bonchev–Trinajstić information content (AvgIpc) is 3.02. The lowest BCUT2D eigenvalue weighted by Crippen LogP contribution is -1.81. The SMILES string of the molecule is N#C/C(=C\c1ccc(-c2ccc(Br)cc2)o1)c1cccc(Cl)c1. The third-order valence-electron chi connectivity index (χ3n) is 3.30. The van der Waals surface area contributed by atoms with Gasteiger partial charge < -0.3 is 4.42 Å². The highest BCUT2D eigenvalue weighted by Crippen LogP contribution is 2.27. The summed E-state index contributed by atoms with van der Waals surface area (Å²) in [6.45, 7) is 0. The quantitative estimate of drug-likeness (QED) is 0.488. The standard InChI is InChI=1S/C19H11BrClNO/c20-16-6-4-13(5-7-16)19-9-8-18(23-19)11-15(12-22)14-2-1-3-17(21)10-14/h1-11H/b15-11+. The molecule has 23 heavy (non-hydrogen) atoms. The molecule has 3 aromatic rings. The maximum atomic E-state index is 9.38. The van der Waals surface area contributed by atoms with E-state index in [1.54, 1.807) is 18.2 Å². The van der Waals surface area contributed by atoms with Crippen molar-refractivity contribution in [3.8, 4) is 17.4 Å². The molecule has 2 nitrogen and oxygen atoms in total. The lowest BCUT2D eigenvalue weighted by Gasteiger charge is -1.99. The number of nitrogens with zero attached hydrogens (tertiary/aromatic N) is 1. The maximum absolute atomic E-state index is 9.38. The second-order valence-corrected chi connectivity index (χ2v) is 6.24. The number of allylic oxidation sites excluding steroid dienone is 1. The van der Waals surface area contributed by atoms with Crippen LogP contribution in [0.2, 0.25) is 5.02 Å². The summed E-state index contributed by atoms with van der Waals surface area (Å²) in [5.41, 5.74) is 2.25. The molecule has 0 bridgehead atoms. The van der Waals surface area contributed by atoms with E-state index in [4.69, 9.17) is 16.0 Å². The van der Waals surface area contributed by atoms with Gasteiger partial charge in [-0.05, 0) is 48.0 Å². The van der Waals surface area contributed by atoms with Crippen LogP contribution >= 0.6 is 27.5 Å². The van der Waals surface area contributed by atoms with Crippen molar-refractivity contribution in [1.82, 2.24) is 0 Å². The number of rotatable bonds is 3. The fourth-order valence-corrected chi connectivity index (χ4v) is 2.63. The van der Waals surface area contributed by atoms with Gasteiger partial charge in [0.2, 0.25) is 0 Å². The summed E-state index contributed by atoms with van der Waals surface area (Å²) in [6, 6.07) is 21.0. The fraction of sp³-hybridized carbons (Fsp3) is 0. The minimum atomic E-state index is 0.504. The van der Waals surface area contributed by atoms with Crippen LogP contribution in [0.5, 0.6) is 0 Å². The second kappa shape index (κ2) is 6.87. The third-order valence-corrected chi connectivity index (χ3v) is 4.06. The van der Waals surface area contributed by atoms with E-state index in [-0.39, 0.29) is 0 Å². The predicted octanol–water partition coefficient (Wildman–Crippen LogP) is 6.43. The Bertz CT molecular complexity index is 904. The van der Waals surface area contributed by atoms with Crippen LogP contribution in [-0.2, 0) is 0 Å². The van der Waals surface area contributed by atoms with E-state index >= 15 is 0 Å². The molecule has 3 rings (SSSR count). The van der Waals surface area contributed by atoms with E-state index in [2.05, 4.69) is 22.0 Å². The molecule has 0 spiro atoms. The number of nitriles is 1. The summed E-state index contributed by atoms with van der Waals surface area (Å²) in [7, 11) is 0. The van der Waals surface area contributed by atoms with Crippen molar-refractivity contribution in [3.05, 3.63) is 81.5 Å². The molecule has 2 aromatic carbocycles. The molecular weight excluding hydrogens is 374 g/mol. The summed E-state index contributed by atoms with van der Waals surface area (Å²) in [6.07, 6.45) is 1.72. The molecule has 0 saturated heterocycles. The highest BCUT2D eigenvalue weighted by Gasteiger charge is 2.06. The Balaban J connectivity index is 1.93. The summed E-state index contributed by atoms with van der Waals surface area (Å²) in [4.78, 5) is 0. The van der Waals surface area contributed by atoms with Gasteiger partial charge in [-0.1, -0.05) is 51.8 Å². The Morgan fingerprint density at radius 3 is 2.57 bits per heavy atom. The van der Waals surface area contributed by atoms with Gasteiger partial charge in [-0.25, -0.2) is 0 Å². The normalized spacial score (nSPS) is 11.3. The zero-order valence-corrected chi connectivity index (χ0v) is 14.3. The first-order valence-electron chi connectivity index (χ1n) is 6.89. The zero-order valence-electron chi connectivity index (χ0n) is 12.0. The Labute approximate surface area is 147 Å². The van der Waals surface area contributed by atoms with Crippen LogP contribution in [0.4, 0.5) is 0 Å². The average molecular weight is 385 g/mol.